The zero-order chi connectivity index (χ0) is 23.5. The van der Waals surface area contributed by atoms with Gasteiger partial charge in [0.15, 0.2) is 5.13 Å². The molecule has 2 aromatic rings. The van der Waals surface area contributed by atoms with Crippen LogP contribution in [0, 0.1) is 0 Å². The smallest absolute Gasteiger partial charge is 0.346 e. The first-order chi connectivity index (χ1) is 15.1. The summed E-state index contributed by atoms with van der Waals surface area (Å²) >= 11 is 1.17. The van der Waals surface area contributed by atoms with E-state index in [2.05, 4.69) is 15.4 Å². The number of rotatable bonds is 8. The van der Waals surface area contributed by atoms with Crippen LogP contribution in [0.25, 0.3) is 0 Å². The van der Waals surface area contributed by atoms with Crippen LogP contribution in [0.5, 0.6) is 0 Å². The van der Waals surface area contributed by atoms with Crippen molar-refractivity contribution < 1.29 is 22.7 Å². The van der Waals surface area contributed by atoms with Crippen LogP contribution in [0.15, 0.2) is 10.2 Å². The van der Waals surface area contributed by atoms with Crippen LogP contribution in [0.3, 0.4) is 0 Å². The summed E-state index contributed by atoms with van der Waals surface area (Å²) in [6, 6.07) is 0. The van der Waals surface area contributed by atoms with Crippen molar-refractivity contribution in [2.24, 2.45) is 7.05 Å². The molecule has 0 atom stereocenters. The van der Waals surface area contributed by atoms with Gasteiger partial charge in [0, 0.05) is 31.4 Å². The van der Waals surface area contributed by atoms with E-state index >= 15 is 0 Å². The third-order valence-electron chi connectivity index (χ3n) is 5.08. The number of aromatic nitrogens is 4. The second-order valence-corrected chi connectivity index (χ2v) is 10.3. The van der Waals surface area contributed by atoms with Crippen LogP contribution in [0.4, 0.5) is 5.13 Å². The van der Waals surface area contributed by atoms with Crippen LogP contribution >= 0.6 is 11.3 Å². The van der Waals surface area contributed by atoms with Gasteiger partial charge in [0.1, 0.15) is 12.4 Å². The normalized spacial score (nSPS) is 15.6. The number of esters is 1. The summed E-state index contributed by atoms with van der Waals surface area (Å²) in [7, 11) is -1.65. The summed E-state index contributed by atoms with van der Waals surface area (Å²) in [5, 5.41) is 8.90. The van der Waals surface area contributed by atoms with E-state index in [0.29, 0.717) is 42.6 Å². The standard InChI is InChI=1S/C18H26N6O6S2/c1-4-30-15(26)9-13-11-31-17(19-13)20-14(25)10-24-18(27)22(2)16(21-24)12-5-7-23(8-6-12)32(3,28)29/h11-12H,4-10H2,1-3H3,(H,19,20,25). The molecule has 3 heterocycles. The number of nitrogens with one attached hydrogen (secondary N) is 1. The molecule has 3 rings (SSSR count). The Morgan fingerprint density at radius 2 is 2.00 bits per heavy atom. The summed E-state index contributed by atoms with van der Waals surface area (Å²) in [6.45, 7) is 2.44. The molecule has 1 saturated heterocycles. The molecule has 1 amide bonds. The van der Waals surface area contributed by atoms with Crippen molar-refractivity contribution in [2.45, 2.75) is 38.6 Å². The first kappa shape index (κ1) is 24.1. The van der Waals surface area contributed by atoms with Gasteiger partial charge in [0.2, 0.25) is 15.9 Å². The molecule has 12 nitrogen and oxygen atoms in total. The number of amides is 1. The molecule has 0 aromatic carbocycles. The molecule has 1 N–H and O–H groups in total. The number of hydrogen-bond donors (Lipinski definition) is 1. The third kappa shape index (κ3) is 5.81. The minimum Gasteiger partial charge on any atom is -0.466 e. The lowest BCUT2D eigenvalue weighted by molar-refractivity contribution is -0.142. The van der Waals surface area contributed by atoms with Crippen LogP contribution in [0.1, 0.15) is 37.2 Å². The fourth-order valence-corrected chi connectivity index (χ4v) is 5.11. The van der Waals surface area contributed by atoms with Crippen molar-refractivity contribution in [3.8, 4) is 0 Å². The summed E-state index contributed by atoms with van der Waals surface area (Å²) < 4.78 is 32.1. The molecule has 0 saturated carbocycles. The maximum absolute atomic E-state index is 12.5. The van der Waals surface area contributed by atoms with Gasteiger partial charge < -0.3 is 10.1 Å². The lowest BCUT2D eigenvalue weighted by atomic mass is 9.97. The average molecular weight is 487 g/mol. The van der Waals surface area contributed by atoms with Crippen molar-refractivity contribution in [3.05, 3.63) is 27.4 Å². The Morgan fingerprint density at radius 3 is 2.62 bits per heavy atom. The van der Waals surface area contributed by atoms with E-state index in [1.54, 1.807) is 19.4 Å². The summed E-state index contributed by atoms with van der Waals surface area (Å²) in [6.07, 6.45) is 2.29. The molecule has 0 bridgehead atoms. The summed E-state index contributed by atoms with van der Waals surface area (Å²) in [5.41, 5.74) is 0.0595. The number of piperidine rings is 1. The third-order valence-corrected chi connectivity index (χ3v) is 7.19. The highest BCUT2D eigenvalue weighted by Crippen LogP contribution is 2.26. The molecule has 32 heavy (non-hydrogen) atoms. The number of carbonyl (C=O) groups is 2. The molecule has 0 radical (unpaired) electrons. The van der Waals surface area contributed by atoms with Gasteiger partial charge in [-0.1, -0.05) is 0 Å². The first-order valence-electron chi connectivity index (χ1n) is 10.1. The van der Waals surface area contributed by atoms with Gasteiger partial charge in [-0.15, -0.1) is 11.3 Å². The van der Waals surface area contributed by atoms with E-state index in [-0.39, 0.29) is 25.5 Å². The molecule has 1 aliphatic heterocycles. The summed E-state index contributed by atoms with van der Waals surface area (Å²) in [4.78, 5) is 40.6. The highest BCUT2D eigenvalue weighted by molar-refractivity contribution is 7.88. The zero-order valence-corrected chi connectivity index (χ0v) is 19.7. The van der Waals surface area contributed by atoms with E-state index in [0.717, 1.165) is 4.68 Å². The fourth-order valence-electron chi connectivity index (χ4n) is 3.51. The molecule has 14 heteroatoms. The SMILES string of the molecule is CCOC(=O)Cc1csc(NC(=O)Cn2nc(C3CCN(S(C)(=O)=O)CC3)n(C)c2=O)n1. The lowest BCUT2D eigenvalue weighted by Crippen LogP contribution is -2.37. The van der Waals surface area contributed by atoms with Crippen molar-refractivity contribution in [1.82, 2.24) is 23.6 Å². The van der Waals surface area contributed by atoms with Crippen molar-refractivity contribution in [3.63, 3.8) is 0 Å². The van der Waals surface area contributed by atoms with Gasteiger partial charge in [-0.25, -0.2) is 27.2 Å². The number of hydrogen-bond acceptors (Lipinski definition) is 9. The Kier molecular flexibility index (Phi) is 7.46. The molecule has 0 aliphatic carbocycles. The van der Waals surface area contributed by atoms with E-state index in [4.69, 9.17) is 4.74 Å². The largest absolute Gasteiger partial charge is 0.466 e. The number of ether oxygens (including phenoxy) is 1. The van der Waals surface area contributed by atoms with Crippen LogP contribution in [0.2, 0.25) is 0 Å². The van der Waals surface area contributed by atoms with E-state index in [9.17, 15) is 22.8 Å². The second kappa shape index (κ2) is 9.92. The van der Waals surface area contributed by atoms with E-state index in [1.807, 2.05) is 0 Å². The minimum atomic E-state index is -3.24. The maximum Gasteiger partial charge on any atom is 0.346 e. The van der Waals surface area contributed by atoms with E-state index < -0.39 is 27.6 Å². The first-order valence-corrected chi connectivity index (χ1v) is 12.8. The Balaban J connectivity index is 1.61. The minimum absolute atomic E-state index is 0.0153. The molecule has 1 fully saturated rings. The van der Waals surface area contributed by atoms with Crippen LogP contribution in [-0.4, -0.2) is 69.9 Å². The predicted octanol–water partition coefficient (Wildman–Crippen LogP) is -0.0784. The number of anilines is 1. The van der Waals surface area contributed by atoms with Crippen LogP contribution in [-0.2, 0) is 44.4 Å². The lowest BCUT2D eigenvalue weighted by Gasteiger charge is -2.29. The van der Waals surface area contributed by atoms with E-state index in [1.165, 1.54) is 26.5 Å². The molecule has 0 spiro atoms. The molecule has 0 unspecified atom stereocenters. The van der Waals surface area contributed by atoms with Gasteiger partial charge in [0.05, 0.1) is 25.0 Å². The molecule has 2 aromatic heterocycles. The molecule has 1 aliphatic rings. The van der Waals surface area contributed by atoms with Crippen molar-refractivity contribution in [2.75, 3.05) is 31.3 Å². The average Bonchev–Trinajstić information content (AvgIpc) is 3.26. The number of nitrogens with zero attached hydrogens (tertiary/aromatic N) is 5. The monoisotopic (exact) mass is 486 g/mol. The van der Waals surface area contributed by atoms with Gasteiger partial charge >= 0.3 is 11.7 Å². The van der Waals surface area contributed by atoms with Gasteiger partial charge in [-0.2, -0.15) is 5.10 Å². The predicted molar refractivity (Wildman–Crippen MR) is 117 cm³/mol. The highest BCUT2D eigenvalue weighted by atomic mass is 32.2. The van der Waals surface area contributed by atoms with Crippen molar-refractivity contribution >= 4 is 38.4 Å². The fraction of sp³-hybridized carbons (Fsp3) is 0.611. The molecular weight excluding hydrogens is 460 g/mol. The Morgan fingerprint density at radius 1 is 1.31 bits per heavy atom. The Hall–Kier alpha value is -2.58. The molecular formula is C18H26N6O6S2. The number of sulfonamides is 1. The number of carbonyl (C=O) groups excluding carboxylic acids is 2. The topological polar surface area (TPSA) is 145 Å². The van der Waals surface area contributed by atoms with Crippen LogP contribution < -0.4 is 11.0 Å². The summed E-state index contributed by atoms with van der Waals surface area (Å²) in [5.74, 6) is -0.410. The number of thiazole rings is 1. The Bertz CT molecular complexity index is 1140. The van der Waals surface area contributed by atoms with Gasteiger partial charge in [-0.05, 0) is 19.8 Å². The molecule has 176 valence electrons. The quantitative estimate of drug-likeness (QED) is 0.510. The second-order valence-electron chi connectivity index (χ2n) is 7.47. The zero-order valence-electron chi connectivity index (χ0n) is 18.1. The maximum atomic E-state index is 12.5. The van der Waals surface area contributed by atoms with Gasteiger partial charge in [0.25, 0.3) is 0 Å². The Labute approximate surface area is 189 Å². The highest BCUT2D eigenvalue weighted by Gasteiger charge is 2.29. The van der Waals surface area contributed by atoms with Gasteiger partial charge in [-0.3, -0.25) is 14.2 Å². The van der Waals surface area contributed by atoms with Crippen molar-refractivity contribution in [1.29, 1.82) is 0 Å².